The first-order chi connectivity index (χ1) is 28.5. The molecule has 0 bridgehead atoms. The summed E-state index contributed by atoms with van der Waals surface area (Å²) in [6.07, 6.45) is 46.5. The Morgan fingerprint density at radius 3 is 1.25 bits per heavy atom. The van der Waals surface area contributed by atoms with Gasteiger partial charge in [0.1, 0.15) is 19.8 Å². The van der Waals surface area contributed by atoms with Crippen LogP contribution in [-0.4, -0.2) is 74.9 Å². The number of quaternary nitrogens is 1. The first-order valence-electron chi connectivity index (χ1n) is 24.6. The van der Waals surface area contributed by atoms with Crippen LogP contribution < -0.4 is 0 Å². The molecule has 0 aliphatic heterocycles. The first kappa shape index (κ1) is 57.5. The van der Waals surface area contributed by atoms with Gasteiger partial charge in [-0.25, -0.2) is 4.57 Å². The van der Waals surface area contributed by atoms with E-state index in [9.17, 15) is 19.0 Å². The third kappa shape index (κ3) is 45.8. The maximum Gasteiger partial charge on any atom is 0.472 e. The third-order valence-corrected chi connectivity index (χ3v) is 11.7. The second-order valence-corrected chi connectivity index (χ2v) is 19.3. The summed E-state index contributed by atoms with van der Waals surface area (Å²) < 4.78 is 34.4. The smallest absolute Gasteiger partial charge is 0.462 e. The van der Waals surface area contributed by atoms with E-state index in [4.69, 9.17) is 18.5 Å². The number of unbranched alkanes of at least 4 members (excludes halogenated alkanes) is 27. The fraction of sp³-hybridized carbons (Fsp3) is 0.878. The summed E-state index contributed by atoms with van der Waals surface area (Å²) in [5.74, 6) is -0.802. The Kier molecular flexibility index (Phi) is 40.8. The van der Waals surface area contributed by atoms with Gasteiger partial charge in [-0.05, 0) is 64.2 Å². The lowest BCUT2D eigenvalue weighted by molar-refractivity contribution is -0.870. The number of ether oxygens (including phenoxy) is 2. The third-order valence-electron chi connectivity index (χ3n) is 10.7. The average molecular weight is 857 g/mol. The van der Waals surface area contributed by atoms with Crippen molar-refractivity contribution in [3.63, 3.8) is 0 Å². The number of nitrogens with zero attached hydrogens (tertiary/aromatic N) is 1. The molecule has 0 rings (SSSR count). The van der Waals surface area contributed by atoms with E-state index < -0.39 is 26.5 Å². The Balaban J connectivity index is 4.28. The maximum atomic E-state index is 12.7. The van der Waals surface area contributed by atoms with Crippen LogP contribution in [0, 0.1) is 0 Å². The molecule has 0 aliphatic carbocycles. The molecule has 9 nitrogen and oxygen atoms in total. The van der Waals surface area contributed by atoms with Gasteiger partial charge >= 0.3 is 19.8 Å². The van der Waals surface area contributed by atoms with Gasteiger partial charge in [-0.3, -0.25) is 18.6 Å². The number of likely N-dealkylation sites (N-methyl/N-ethyl adjacent to an activating group) is 1. The van der Waals surface area contributed by atoms with Crippen molar-refractivity contribution in [2.24, 2.45) is 0 Å². The van der Waals surface area contributed by atoms with Gasteiger partial charge in [0.2, 0.25) is 0 Å². The molecule has 10 heteroatoms. The van der Waals surface area contributed by atoms with Gasteiger partial charge in [-0.1, -0.05) is 173 Å². The molecule has 0 aromatic heterocycles. The van der Waals surface area contributed by atoms with Crippen LogP contribution in [0.25, 0.3) is 0 Å². The zero-order valence-corrected chi connectivity index (χ0v) is 40.1. The van der Waals surface area contributed by atoms with Gasteiger partial charge < -0.3 is 18.9 Å². The number of rotatable bonds is 45. The van der Waals surface area contributed by atoms with E-state index in [1.807, 2.05) is 21.1 Å². The summed E-state index contributed by atoms with van der Waals surface area (Å²) in [6.45, 7) is 4.43. The van der Waals surface area contributed by atoms with Crippen LogP contribution in [0.3, 0.4) is 0 Å². The highest BCUT2D eigenvalue weighted by molar-refractivity contribution is 7.47. The number of allylic oxidation sites excluding steroid dienone is 4. The summed E-state index contributed by atoms with van der Waals surface area (Å²) in [7, 11) is 1.48. The minimum atomic E-state index is -4.38. The van der Waals surface area contributed by atoms with Gasteiger partial charge in [-0.2, -0.15) is 0 Å². The molecule has 0 aromatic rings. The summed E-state index contributed by atoms with van der Waals surface area (Å²) >= 11 is 0. The second kappa shape index (κ2) is 41.8. The molecule has 0 heterocycles. The van der Waals surface area contributed by atoms with E-state index in [2.05, 4.69) is 38.2 Å². The molecule has 0 saturated carbocycles. The lowest BCUT2D eigenvalue weighted by atomic mass is 10.1. The highest BCUT2D eigenvalue weighted by atomic mass is 31.2. The van der Waals surface area contributed by atoms with Crippen molar-refractivity contribution in [3.05, 3.63) is 24.3 Å². The molecule has 0 saturated heterocycles. The minimum Gasteiger partial charge on any atom is -0.462 e. The number of carbonyl (C=O) groups excluding carboxylic acids is 2. The quantitative estimate of drug-likeness (QED) is 0.0212. The van der Waals surface area contributed by atoms with E-state index in [0.717, 1.165) is 57.8 Å². The molecular weight excluding hydrogens is 762 g/mol. The summed E-state index contributed by atoms with van der Waals surface area (Å²) in [5.41, 5.74) is 0. The van der Waals surface area contributed by atoms with Gasteiger partial charge in [0, 0.05) is 12.8 Å². The number of phosphoric acid groups is 1. The van der Waals surface area contributed by atoms with Gasteiger partial charge in [-0.15, -0.1) is 0 Å². The minimum absolute atomic E-state index is 0.0315. The van der Waals surface area contributed by atoms with E-state index in [0.29, 0.717) is 17.4 Å². The lowest BCUT2D eigenvalue weighted by Crippen LogP contribution is -2.37. The highest BCUT2D eigenvalue weighted by Crippen LogP contribution is 2.43. The van der Waals surface area contributed by atoms with Crippen LogP contribution in [0.2, 0.25) is 0 Å². The molecule has 2 atom stereocenters. The zero-order chi connectivity index (χ0) is 43.6. The zero-order valence-electron chi connectivity index (χ0n) is 39.2. The second-order valence-electron chi connectivity index (χ2n) is 17.8. The normalized spacial score (nSPS) is 13.7. The first-order valence-corrected chi connectivity index (χ1v) is 26.1. The number of carbonyl (C=O) groups is 2. The molecule has 0 amide bonds. The van der Waals surface area contributed by atoms with E-state index in [-0.39, 0.29) is 32.0 Å². The van der Waals surface area contributed by atoms with E-state index in [1.54, 1.807) is 0 Å². The molecule has 348 valence electrons. The molecule has 1 N–H and O–H groups in total. The monoisotopic (exact) mass is 857 g/mol. The molecule has 0 aliphatic rings. The Labute approximate surface area is 364 Å². The van der Waals surface area contributed by atoms with E-state index >= 15 is 0 Å². The fourth-order valence-corrected chi connectivity index (χ4v) is 7.57. The number of hydrogen-bond acceptors (Lipinski definition) is 7. The molecule has 59 heavy (non-hydrogen) atoms. The number of esters is 2. The highest BCUT2D eigenvalue weighted by Gasteiger charge is 2.27. The van der Waals surface area contributed by atoms with Crippen molar-refractivity contribution >= 4 is 19.8 Å². The number of phosphoric ester groups is 1. The van der Waals surface area contributed by atoms with Crippen molar-refractivity contribution in [2.75, 3.05) is 47.5 Å². The molecule has 0 fully saturated rings. The van der Waals surface area contributed by atoms with Crippen LogP contribution in [0.5, 0.6) is 0 Å². The van der Waals surface area contributed by atoms with Crippen LogP contribution >= 0.6 is 7.82 Å². The van der Waals surface area contributed by atoms with E-state index in [1.165, 1.54) is 135 Å². The maximum absolute atomic E-state index is 12.7. The largest absolute Gasteiger partial charge is 0.472 e. The molecule has 0 radical (unpaired) electrons. The number of hydrogen-bond donors (Lipinski definition) is 1. The Morgan fingerprint density at radius 2 is 0.864 bits per heavy atom. The molecule has 0 spiro atoms. The topological polar surface area (TPSA) is 108 Å². The van der Waals surface area contributed by atoms with Crippen molar-refractivity contribution in [3.8, 4) is 0 Å². The van der Waals surface area contributed by atoms with Crippen LogP contribution in [0.15, 0.2) is 24.3 Å². The average Bonchev–Trinajstić information content (AvgIpc) is 3.19. The Hall–Kier alpha value is -1.51. The predicted octanol–water partition coefficient (Wildman–Crippen LogP) is 14.3. The molecular formula is C49H95NO8P+. The van der Waals surface area contributed by atoms with Crippen molar-refractivity contribution < 1.29 is 42.1 Å². The summed E-state index contributed by atoms with van der Waals surface area (Å²) in [6, 6.07) is 0. The summed E-state index contributed by atoms with van der Waals surface area (Å²) in [5, 5.41) is 0. The van der Waals surface area contributed by atoms with Crippen LogP contribution in [0.1, 0.15) is 226 Å². The van der Waals surface area contributed by atoms with Crippen molar-refractivity contribution in [1.82, 2.24) is 0 Å². The van der Waals surface area contributed by atoms with Crippen molar-refractivity contribution in [1.29, 1.82) is 0 Å². The van der Waals surface area contributed by atoms with Gasteiger partial charge in [0.25, 0.3) is 0 Å². The van der Waals surface area contributed by atoms with Crippen LogP contribution in [-0.2, 0) is 32.7 Å². The lowest BCUT2D eigenvalue weighted by Gasteiger charge is -2.24. The van der Waals surface area contributed by atoms with Gasteiger partial charge in [0.05, 0.1) is 27.7 Å². The van der Waals surface area contributed by atoms with Gasteiger partial charge in [0.15, 0.2) is 6.10 Å². The standard InChI is InChI=1S/C49H94NO8P/c1-6-8-10-12-14-16-18-20-22-24-25-26-28-30-32-34-36-38-40-42-49(52)58-47(46-57-59(53,54)56-44-43-50(3,4)5)45-55-48(51)41-39-37-35-33-31-29-27-23-21-19-17-15-13-11-9-7-2/h20,22-23,27,47H,6-19,21,24-26,28-46H2,1-5H3/p+1/b22-20-,27-23-. The summed E-state index contributed by atoms with van der Waals surface area (Å²) in [4.78, 5) is 35.5. The predicted molar refractivity (Wildman–Crippen MR) is 247 cm³/mol. The van der Waals surface area contributed by atoms with Crippen molar-refractivity contribution in [2.45, 2.75) is 232 Å². The van der Waals surface area contributed by atoms with Crippen LogP contribution in [0.4, 0.5) is 0 Å². The SMILES string of the molecule is CCCCCCCC/C=C\CCCCCCCCCCCC(=O)OC(COC(=O)CCCCCCC/C=C\CCCCCCCCC)COP(=O)(O)OCC[N+](C)(C)C. The Bertz CT molecular complexity index is 1060. The molecule has 0 aromatic carbocycles. The fourth-order valence-electron chi connectivity index (χ4n) is 6.83. The molecule has 2 unspecified atom stereocenters. The Morgan fingerprint density at radius 1 is 0.508 bits per heavy atom.